The Balaban J connectivity index is 1.42. The average molecular weight is 352 g/mol. The Kier molecular flexibility index (Phi) is 4.36. The first-order chi connectivity index (χ1) is 12.2. The van der Waals surface area contributed by atoms with Gasteiger partial charge in [-0.15, -0.1) is 11.3 Å². The highest BCUT2D eigenvalue weighted by Gasteiger charge is 2.23. The lowest BCUT2D eigenvalue weighted by atomic mass is 10.0. The number of carbonyl (C=O) groups excluding carboxylic acids is 1. The molecule has 3 aromatic rings. The number of aromatic nitrogens is 2. The quantitative estimate of drug-likeness (QED) is 0.785. The molecule has 0 saturated carbocycles. The summed E-state index contributed by atoms with van der Waals surface area (Å²) in [4.78, 5) is 25.8. The summed E-state index contributed by atoms with van der Waals surface area (Å²) in [6, 6.07) is 11.8. The summed E-state index contributed by atoms with van der Waals surface area (Å²) in [5.41, 5.74) is 0.719. The highest BCUT2D eigenvalue weighted by molar-refractivity contribution is 7.18. The summed E-state index contributed by atoms with van der Waals surface area (Å²) in [6.45, 7) is 3.88. The van der Waals surface area contributed by atoms with Crippen molar-refractivity contribution in [2.24, 2.45) is 0 Å². The molecule has 1 aliphatic rings. The van der Waals surface area contributed by atoms with E-state index in [4.69, 9.17) is 0 Å². The van der Waals surface area contributed by atoms with Crippen LogP contribution in [0.3, 0.4) is 0 Å². The molecule has 1 amide bonds. The molecular weight excluding hydrogens is 332 g/mol. The number of thiophene rings is 1. The number of hydrogen-bond donors (Lipinski definition) is 1. The summed E-state index contributed by atoms with van der Waals surface area (Å²) in [7, 11) is 0. The van der Waals surface area contributed by atoms with Crippen LogP contribution in [0.25, 0.3) is 10.2 Å². The number of fused-ring (bicyclic) bond motifs is 1. The largest absolute Gasteiger partial charge is 0.356 e. The lowest BCUT2D eigenvalue weighted by Crippen LogP contribution is -2.45. The first-order valence-corrected chi connectivity index (χ1v) is 9.34. The van der Waals surface area contributed by atoms with Crippen LogP contribution in [0, 0.1) is 6.92 Å². The Morgan fingerprint density at radius 3 is 2.72 bits per heavy atom. The molecule has 0 bridgehead atoms. The maximum absolute atomic E-state index is 12.3. The number of rotatable bonds is 3. The van der Waals surface area contributed by atoms with Crippen molar-refractivity contribution in [2.75, 3.05) is 18.0 Å². The van der Waals surface area contributed by atoms with Crippen molar-refractivity contribution in [1.29, 1.82) is 0 Å². The van der Waals surface area contributed by atoms with E-state index in [0.29, 0.717) is 0 Å². The van der Waals surface area contributed by atoms with Gasteiger partial charge in [0.15, 0.2) is 0 Å². The summed E-state index contributed by atoms with van der Waals surface area (Å²) in [5, 5.41) is 4.29. The zero-order valence-corrected chi connectivity index (χ0v) is 14.9. The van der Waals surface area contributed by atoms with Gasteiger partial charge in [-0.1, -0.05) is 18.2 Å². The lowest BCUT2D eigenvalue weighted by Gasteiger charge is -2.33. The Hall–Kier alpha value is -2.47. The number of hydrogen-bond acceptors (Lipinski definition) is 5. The van der Waals surface area contributed by atoms with Crippen molar-refractivity contribution in [1.82, 2.24) is 15.3 Å². The second-order valence-corrected chi connectivity index (χ2v) is 7.61. The number of carbonyl (C=O) groups is 1. The van der Waals surface area contributed by atoms with Crippen molar-refractivity contribution >= 4 is 33.3 Å². The standard InChI is InChI=1S/C19H20N4OS/c1-13-11-16-17(20-12-21-19(16)25-13)23-9-7-15(8-10-23)22-18(24)14-5-3-2-4-6-14/h2-6,11-12,15H,7-10H2,1H3,(H,22,24). The average Bonchev–Trinajstić information content (AvgIpc) is 3.03. The molecule has 128 valence electrons. The number of benzene rings is 1. The summed E-state index contributed by atoms with van der Waals surface area (Å²) in [6.07, 6.45) is 3.50. The SMILES string of the molecule is Cc1cc2c(N3CCC(NC(=O)c4ccccc4)CC3)ncnc2s1. The molecular formula is C19H20N4OS. The highest BCUT2D eigenvalue weighted by atomic mass is 32.1. The molecule has 3 heterocycles. The van der Waals surface area contributed by atoms with Crippen molar-refractivity contribution in [3.05, 3.63) is 53.2 Å². The van der Waals surface area contributed by atoms with Gasteiger partial charge in [0.05, 0.1) is 5.39 Å². The maximum Gasteiger partial charge on any atom is 0.251 e. The van der Waals surface area contributed by atoms with Gasteiger partial charge in [-0.2, -0.15) is 0 Å². The molecule has 5 nitrogen and oxygen atoms in total. The first kappa shape index (κ1) is 16.0. The Bertz CT molecular complexity index is 885. The second-order valence-electron chi connectivity index (χ2n) is 6.37. The van der Waals surface area contributed by atoms with E-state index in [1.807, 2.05) is 30.3 Å². The van der Waals surface area contributed by atoms with E-state index < -0.39 is 0 Å². The van der Waals surface area contributed by atoms with Gasteiger partial charge >= 0.3 is 0 Å². The van der Waals surface area contributed by atoms with Crippen LogP contribution in [0.1, 0.15) is 28.1 Å². The molecule has 4 rings (SSSR count). The Labute approximate surface area is 150 Å². The van der Waals surface area contributed by atoms with Crippen LogP contribution < -0.4 is 10.2 Å². The topological polar surface area (TPSA) is 58.1 Å². The Morgan fingerprint density at radius 2 is 1.96 bits per heavy atom. The summed E-state index contributed by atoms with van der Waals surface area (Å²) in [5.74, 6) is 1.03. The summed E-state index contributed by atoms with van der Waals surface area (Å²) >= 11 is 1.70. The van der Waals surface area contributed by atoms with Gasteiger partial charge in [0, 0.05) is 29.6 Å². The lowest BCUT2D eigenvalue weighted by molar-refractivity contribution is 0.0931. The number of nitrogens with zero attached hydrogens (tertiary/aromatic N) is 3. The molecule has 1 aliphatic heterocycles. The third-order valence-electron chi connectivity index (χ3n) is 4.60. The van der Waals surface area contributed by atoms with E-state index in [-0.39, 0.29) is 11.9 Å². The predicted molar refractivity (Wildman–Crippen MR) is 101 cm³/mol. The van der Waals surface area contributed by atoms with Crippen LogP contribution in [0.5, 0.6) is 0 Å². The van der Waals surface area contributed by atoms with Crippen LogP contribution in [0.2, 0.25) is 0 Å². The van der Waals surface area contributed by atoms with Gasteiger partial charge in [-0.05, 0) is 38.0 Å². The van der Waals surface area contributed by atoms with E-state index in [1.165, 1.54) is 4.88 Å². The van der Waals surface area contributed by atoms with E-state index >= 15 is 0 Å². The zero-order chi connectivity index (χ0) is 17.2. The molecule has 0 spiro atoms. The number of aryl methyl sites for hydroxylation is 1. The number of nitrogens with one attached hydrogen (secondary N) is 1. The number of piperidine rings is 1. The normalized spacial score (nSPS) is 15.5. The van der Waals surface area contributed by atoms with Gasteiger partial charge < -0.3 is 10.2 Å². The molecule has 6 heteroatoms. The third kappa shape index (κ3) is 3.35. The van der Waals surface area contributed by atoms with Crippen molar-refractivity contribution < 1.29 is 4.79 Å². The molecule has 1 aromatic carbocycles. The highest BCUT2D eigenvalue weighted by Crippen LogP contribution is 2.31. The molecule has 1 saturated heterocycles. The molecule has 0 aliphatic carbocycles. The van der Waals surface area contributed by atoms with Crippen LogP contribution in [0.15, 0.2) is 42.7 Å². The van der Waals surface area contributed by atoms with Crippen LogP contribution in [-0.4, -0.2) is 35.0 Å². The van der Waals surface area contributed by atoms with Crippen LogP contribution in [-0.2, 0) is 0 Å². The second kappa shape index (κ2) is 6.80. The molecule has 2 aromatic heterocycles. The monoisotopic (exact) mass is 352 g/mol. The number of amides is 1. The van der Waals surface area contributed by atoms with Crippen LogP contribution in [0.4, 0.5) is 5.82 Å². The van der Waals surface area contributed by atoms with E-state index in [1.54, 1.807) is 17.7 Å². The van der Waals surface area contributed by atoms with E-state index in [2.05, 4.69) is 33.2 Å². The van der Waals surface area contributed by atoms with Gasteiger partial charge in [0.25, 0.3) is 5.91 Å². The molecule has 0 radical (unpaired) electrons. The summed E-state index contributed by atoms with van der Waals surface area (Å²) < 4.78 is 0. The van der Waals surface area contributed by atoms with Gasteiger partial charge in [-0.25, -0.2) is 9.97 Å². The predicted octanol–water partition coefficient (Wildman–Crippen LogP) is 3.40. The van der Waals surface area contributed by atoms with E-state index in [0.717, 1.165) is 47.5 Å². The van der Waals surface area contributed by atoms with Crippen LogP contribution >= 0.6 is 11.3 Å². The fourth-order valence-electron chi connectivity index (χ4n) is 3.31. The minimum Gasteiger partial charge on any atom is -0.356 e. The fraction of sp³-hybridized carbons (Fsp3) is 0.316. The molecule has 0 atom stereocenters. The van der Waals surface area contributed by atoms with Gasteiger partial charge in [-0.3, -0.25) is 4.79 Å². The van der Waals surface area contributed by atoms with Crippen molar-refractivity contribution in [3.63, 3.8) is 0 Å². The molecule has 0 unspecified atom stereocenters. The first-order valence-electron chi connectivity index (χ1n) is 8.53. The van der Waals surface area contributed by atoms with Gasteiger partial charge in [0.1, 0.15) is 17.0 Å². The minimum atomic E-state index is 0.0111. The van der Waals surface area contributed by atoms with E-state index in [9.17, 15) is 4.79 Å². The molecule has 1 fully saturated rings. The molecule has 1 N–H and O–H groups in total. The Morgan fingerprint density at radius 1 is 1.20 bits per heavy atom. The third-order valence-corrected chi connectivity index (χ3v) is 5.56. The molecule has 25 heavy (non-hydrogen) atoms. The zero-order valence-electron chi connectivity index (χ0n) is 14.1. The smallest absolute Gasteiger partial charge is 0.251 e. The minimum absolute atomic E-state index is 0.0111. The van der Waals surface area contributed by atoms with Gasteiger partial charge in [0.2, 0.25) is 0 Å². The van der Waals surface area contributed by atoms with Crippen molar-refractivity contribution in [3.8, 4) is 0 Å². The van der Waals surface area contributed by atoms with Crippen molar-refractivity contribution in [2.45, 2.75) is 25.8 Å². The maximum atomic E-state index is 12.3. The number of anilines is 1. The fourth-order valence-corrected chi connectivity index (χ4v) is 4.15.